The summed E-state index contributed by atoms with van der Waals surface area (Å²) in [6, 6.07) is 7.95. The van der Waals surface area contributed by atoms with Crippen molar-refractivity contribution in [2.24, 2.45) is 0 Å². The first-order valence-electron chi connectivity index (χ1n) is 7.76. The zero-order valence-corrected chi connectivity index (χ0v) is 15.5. The Labute approximate surface area is 163 Å². The van der Waals surface area contributed by atoms with E-state index in [-0.39, 0.29) is 32.9 Å². The molecule has 0 unspecified atom stereocenters. The molecule has 1 atom stereocenters. The molecule has 0 aliphatic carbocycles. The standard InChI is InChI=1S/C18H13Cl2N3O4/c1-9(24)22-16(11-5-4-10(19)7-14(11)20)13-8-15(23(26)27)12-3-2-6-21-17(12)18(13)25/h2-8,16,25H,1H3,(H,22,24)/t16-/m0/s1. The van der Waals surface area contributed by atoms with Crippen LogP contribution in [-0.4, -0.2) is 20.9 Å². The molecule has 0 aliphatic rings. The molecule has 0 spiro atoms. The van der Waals surface area contributed by atoms with Crippen molar-refractivity contribution in [2.75, 3.05) is 0 Å². The molecule has 2 aromatic carbocycles. The van der Waals surface area contributed by atoms with E-state index in [0.29, 0.717) is 10.6 Å². The second-order valence-electron chi connectivity index (χ2n) is 5.79. The number of fused-ring (bicyclic) bond motifs is 1. The summed E-state index contributed by atoms with van der Waals surface area (Å²) in [6.45, 7) is 1.29. The lowest BCUT2D eigenvalue weighted by Gasteiger charge is -2.21. The van der Waals surface area contributed by atoms with Crippen LogP contribution in [0, 0.1) is 10.1 Å². The lowest BCUT2D eigenvalue weighted by molar-refractivity contribution is -0.383. The fourth-order valence-electron chi connectivity index (χ4n) is 2.86. The number of hydrogen-bond acceptors (Lipinski definition) is 5. The average Bonchev–Trinajstić information content (AvgIpc) is 2.60. The minimum atomic E-state index is -0.933. The quantitative estimate of drug-likeness (QED) is 0.494. The number of amides is 1. The maximum Gasteiger partial charge on any atom is 0.279 e. The van der Waals surface area contributed by atoms with Gasteiger partial charge < -0.3 is 10.4 Å². The van der Waals surface area contributed by atoms with Crippen molar-refractivity contribution < 1.29 is 14.8 Å². The Morgan fingerprint density at radius 2 is 2.00 bits per heavy atom. The van der Waals surface area contributed by atoms with Gasteiger partial charge in [0.25, 0.3) is 5.69 Å². The van der Waals surface area contributed by atoms with Crippen molar-refractivity contribution >= 4 is 45.7 Å². The summed E-state index contributed by atoms with van der Waals surface area (Å²) in [5, 5.41) is 25.8. The first-order chi connectivity index (χ1) is 12.8. The lowest BCUT2D eigenvalue weighted by atomic mass is 9.95. The Bertz CT molecular complexity index is 1070. The number of nitrogens with zero attached hydrogens (tertiary/aromatic N) is 2. The molecule has 1 amide bonds. The predicted molar refractivity (Wildman–Crippen MR) is 102 cm³/mol. The fraction of sp³-hybridized carbons (Fsp3) is 0.111. The Balaban J connectivity index is 2.32. The number of nitro groups is 1. The maximum atomic E-state index is 11.8. The molecule has 1 heterocycles. The number of aromatic hydroxyl groups is 1. The second-order valence-corrected chi connectivity index (χ2v) is 6.63. The van der Waals surface area contributed by atoms with Crippen LogP contribution < -0.4 is 5.32 Å². The number of phenols is 1. The summed E-state index contributed by atoms with van der Waals surface area (Å²) in [7, 11) is 0. The normalized spacial score (nSPS) is 12.0. The number of rotatable bonds is 4. The van der Waals surface area contributed by atoms with E-state index in [1.165, 1.54) is 37.4 Å². The number of hydrogen-bond donors (Lipinski definition) is 2. The number of phenolic OH excluding ortho intramolecular Hbond substituents is 1. The van der Waals surface area contributed by atoms with E-state index in [1.807, 2.05) is 0 Å². The molecule has 0 radical (unpaired) electrons. The van der Waals surface area contributed by atoms with Gasteiger partial charge in [0.05, 0.1) is 16.4 Å². The SMILES string of the molecule is CC(=O)N[C@@H](c1ccc(Cl)cc1Cl)c1cc([N+](=O)[O-])c2cccnc2c1O. The zero-order valence-electron chi connectivity index (χ0n) is 13.9. The summed E-state index contributed by atoms with van der Waals surface area (Å²) in [4.78, 5) is 26.8. The van der Waals surface area contributed by atoms with Crippen molar-refractivity contribution in [3.8, 4) is 5.75 Å². The summed E-state index contributed by atoms with van der Waals surface area (Å²) in [5.41, 5.74) is 0.344. The zero-order chi connectivity index (χ0) is 19.7. The average molecular weight is 406 g/mol. The fourth-order valence-corrected chi connectivity index (χ4v) is 3.38. The van der Waals surface area contributed by atoms with E-state index >= 15 is 0 Å². The first-order valence-corrected chi connectivity index (χ1v) is 8.52. The van der Waals surface area contributed by atoms with Crippen LogP contribution in [0.1, 0.15) is 24.1 Å². The Hall–Kier alpha value is -2.90. The van der Waals surface area contributed by atoms with Crippen LogP contribution in [0.15, 0.2) is 42.6 Å². The highest BCUT2D eigenvalue weighted by molar-refractivity contribution is 6.35. The van der Waals surface area contributed by atoms with Gasteiger partial charge in [-0.15, -0.1) is 0 Å². The first kappa shape index (κ1) is 18.9. The predicted octanol–water partition coefficient (Wildman–Crippen LogP) is 4.38. The monoisotopic (exact) mass is 405 g/mol. The Morgan fingerprint density at radius 1 is 1.26 bits per heavy atom. The highest BCUT2D eigenvalue weighted by Gasteiger charge is 2.27. The third kappa shape index (κ3) is 3.65. The highest BCUT2D eigenvalue weighted by atomic mass is 35.5. The number of non-ortho nitro benzene ring substituents is 1. The van der Waals surface area contributed by atoms with Gasteiger partial charge in [-0.2, -0.15) is 0 Å². The maximum absolute atomic E-state index is 11.8. The molecule has 0 bridgehead atoms. The molecule has 2 N–H and O–H groups in total. The van der Waals surface area contributed by atoms with Gasteiger partial charge >= 0.3 is 0 Å². The van der Waals surface area contributed by atoms with E-state index in [2.05, 4.69) is 10.3 Å². The molecule has 3 aromatic rings. The second kappa shape index (κ2) is 7.38. The number of halogens is 2. The van der Waals surface area contributed by atoms with Crippen LogP contribution in [0.25, 0.3) is 10.9 Å². The minimum absolute atomic E-state index is 0.0575. The molecule has 0 saturated carbocycles. The molecule has 3 rings (SSSR count). The van der Waals surface area contributed by atoms with Gasteiger partial charge in [-0.25, -0.2) is 0 Å². The van der Waals surface area contributed by atoms with Crippen LogP contribution in [0.4, 0.5) is 5.69 Å². The van der Waals surface area contributed by atoms with E-state index in [0.717, 1.165) is 0 Å². The summed E-state index contributed by atoms with van der Waals surface area (Å²) in [6.07, 6.45) is 1.41. The largest absolute Gasteiger partial charge is 0.505 e. The smallest absolute Gasteiger partial charge is 0.279 e. The number of aromatic nitrogens is 1. The van der Waals surface area contributed by atoms with Gasteiger partial charge in [0, 0.05) is 34.8 Å². The van der Waals surface area contributed by atoms with Gasteiger partial charge in [0.2, 0.25) is 5.91 Å². The van der Waals surface area contributed by atoms with E-state index in [1.54, 1.807) is 12.1 Å². The topological polar surface area (TPSA) is 105 Å². The molecular formula is C18H13Cl2N3O4. The van der Waals surface area contributed by atoms with E-state index < -0.39 is 16.9 Å². The number of benzene rings is 2. The van der Waals surface area contributed by atoms with Crippen molar-refractivity contribution in [2.45, 2.75) is 13.0 Å². The van der Waals surface area contributed by atoms with Crippen LogP contribution in [-0.2, 0) is 4.79 Å². The molecular weight excluding hydrogens is 393 g/mol. The van der Waals surface area contributed by atoms with Crippen LogP contribution in [0.2, 0.25) is 10.0 Å². The lowest BCUT2D eigenvalue weighted by Crippen LogP contribution is -2.27. The van der Waals surface area contributed by atoms with Gasteiger partial charge in [0.1, 0.15) is 11.3 Å². The molecule has 0 fully saturated rings. The van der Waals surface area contributed by atoms with Crippen molar-refractivity contribution in [1.29, 1.82) is 0 Å². The Morgan fingerprint density at radius 3 is 2.63 bits per heavy atom. The van der Waals surface area contributed by atoms with Crippen molar-refractivity contribution in [3.63, 3.8) is 0 Å². The van der Waals surface area contributed by atoms with E-state index in [9.17, 15) is 20.0 Å². The summed E-state index contributed by atoms with van der Waals surface area (Å²) < 4.78 is 0. The van der Waals surface area contributed by atoms with Gasteiger partial charge in [0.15, 0.2) is 0 Å². The van der Waals surface area contributed by atoms with E-state index in [4.69, 9.17) is 23.2 Å². The molecule has 9 heteroatoms. The van der Waals surface area contributed by atoms with Crippen LogP contribution in [0.5, 0.6) is 5.75 Å². The third-order valence-corrected chi connectivity index (χ3v) is 4.56. The number of carbonyl (C=O) groups is 1. The van der Waals surface area contributed by atoms with Gasteiger partial charge in [-0.3, -0.25) is 19.9 Å². The van der Waals surface area contributed by atoms with Crippen molar-refractivity contribution in [3.05, 3.63) is 73.9 Å². The van der Waals surface area contributed by atoms with Gasteiger partial charge in [-0.1, -0.05) is 29.3 Å². The summed E-state index contributed by atoms with van der Waals surface area (Å²) >= 11 is 12.2. The van der Waals surface area contributed by atoms with Gasteiger partial charge in [-0.05, 0) is 29.8 Å². The van der Waals surface area contributed by atoms with Crippen molar-refractivity contribution in [1.82, 2.24) is 10.3 Å². The minimum Gasteiger partial charge on any atom is -0.505 e. The third-order valence-electron chi connectivity index (χ3n) is 4.00. The number of pyridine rings is 1. The number of nitro benzene ring substituents is 1. The molecule has 0 saturated heterocycles. The molecule has 1 aromatic heterocycles. The molecule has 27 heavy (non-hydrogen) atoms. The highest BCUT2D eigenvalue weighted by Crippen LogP contribution is 2.41. The molecule has 0 aliphatic heterocycles. The van der Waals surface area contributed by atoms with Crippen LogP contribution in [0.3, 0.4) is 0 Å². The number of carbonyl (C=O) groups excluding carboxylic acids is 1. The number of nitrogens with one attached hydrogen (secondary N) is 1. The van der Waals surface area contributed by atoms with Crippen LogP contribution >= 0.6 is 23.2 Å². The molecule has 7 nitrogen and oxygen atoms in total. The summed E-state index contributed by atoms with van der Waals surface area (Å²) in [5.74, 6) is -0.685. The Kier molecular flexibility index (Phi) is 5.16. The molecule has 138 valence electrons.